The van der Waals surface area contributed by atoms with Crippen molar-refractivity contribution in [2.24, 2.45) is 5.92 Å². The van der Waals surface area contributed by atoms with E-state index < -0.39 is 6.04 Å². The van der Waals surface area contributed by atoms with Gasteiger partial charge in [-0.3, -0.25) is 20.3 Å². The van der Waals surface area contributed by atoms with Crippen molar-refractivity contribution in [1.29, 1.82) is 5.41 Å². The standard InChI is InChI=1S/C22H34N4O4/c1-14(2)11-17(21(28)24-16-7-5-6-8-16)25-22(23)26-20(27)13-15-9-10-18(29-3)19(12-15)30-4/h9-10,12,14,16-17H,5-8,11,13H2,1-4H3,(H,24,28)(H3,23,25,26,27)/t17-/m1/s1. The zero-order chi connectivity index (χ0) is 22.1. The highest BCUT2D eigenvalue weighted by molar-refractivity contribution is 5.98. The molecule has 1 aromatic rings. The molecule has 1 saturated carbocycles. The minimum Gasteiger partial charge on any atom is -0.493 e. The smallest absolute Gasteiger partial charge is 0.242 e. The maximum Gasteiger partial charge on any atom is 0.242 e. The Morgan fingerprint density at radius 3 is 2.40 bits per heavy atom. The van der Waals surface area contributed by atoms with Gasteiger partial charge in [-0.15, -0.1) is 0 Å². The molecule has 0 aromatic heterocycles. The van der Waals surface area contributed by atoms with Gasteiger partial charge in [0.2, 0.25) is 11.8 Å². The highest BCUT2D eigenvalue weighted by Gasteiger charge is 2.25. The highest BCUT2D eigenvalue weighted by Crippen LogP contribution is 2.27. The van der Waals surface area contributed by atoms with Crippen molar-refractivity contribution in [1.82, 2.24) is 16.0 Å². The first-order valence-corrected chi connectivity index (χ1v) is 10.5. The third-order valence-electron chi connectivity index (χ3n) is 5.12. The number of methoxy groups -OCH3 is 2. The number of carbonyl (C=O) groups excluding carboxylic acids is 2. The van der Waals surface area contributed by atoms with E-state index in [4.69, 9.17) is 14.9 Å². The van der Waals surface area contributed by atoms with Gasteiger partial charge in [0.1, 0.15) is 6.04 Å². The molecule has 8 nitrogen and oxygen atoms in total. The van der Waals surface area contributed by atoms with E-state index >= 15 is 0 Å². The zero-order valence-electron chi connectivity index (χ0n) is 18.3. The second-order valence-corrected chi connectivity index (χ2v) is 8.11. The Bertz CT molecular complexity index is 745. The van der Waals surface area contributed by atoms with Crippen LogP contribution in [-0.4, -0.2) is 44.1 Å². The molecule has 0 saturated heterocycles. The van der Waals surface area contributed by atoms with Crippen LogP contribution in [0.3, 0.4) is 0 Å². The van der Waals surface area contributed by atoms with E-state index in [1.165, 1.54) is 7.11 Å². The quantitative estimate of drug-likeness (QED) is 0.363. The summed E-state index contributed by atoms with van der Waals surface area (Å²) in [5.74, 6) is 0.756. The predicted molar refractivity (Wildman–Crippen MR) is 116 cm³/mol. The van der Waals surface area contributed by atoms with Crippen LogP contribution in [0.5, 0.6) is 11.5 Å². The number of amides is 2. The maximum atomic E-state index is 12.7. The van der Waals surface area contributed by atoms with Gasteiger partial charge >= 0.3 is 0 Å². The minimum atomic E-state index is -0.556. The lowest BCUT2D eigenvalue weighted by molar-refractivity contribution is -0.124. The lowest BCUT2D eigenvalue weighted by atomic mass is 10.0. The van der Waals surface area contributed by atoms with E-state index in [-0.39, 0.29) is 36.2 Å². The SMILES string of the molecule is COc1ccc(CC(=O)NC(=N)N[C@H](CC(C)C)C(=O)NC2CCCC2)cc1OC. The van der Waals surface area contributed by atoms with Crippen LogP contribution in [0.4, 0.5) is 0 Å². The summed E-state index contributed by atoms with van der Waals surface area (Å²) in [5, 5.41) is 16.6. The lowest BCUT2D eigenvalue weighted by Crippen LogP contribution is -2.53. The molecule has 1 aliphatic carbocycles. The van der Waals surface area contributed by atoms with E-state index in [0.717, 1.165) is 31.2 Å². The van der Waals surface area contributed by atoms with Crippen LogP contribution in [0.15, 0.2) is 18.2 Å². The number of carbonyl (C=O) groups is 2. The van der Waals surface area contributed by atoms with Gasteiger partial charge in [0.25, 0.3) is 0 Å². The van der Waals surface area contributed by atoms with Crippen LogP contribution in [0.2, 0.25) is 0 Å². The summed E-state index contributed by atoms with van der Waals surface area (Å²) in [7, 11) is 3.08. The Kier molecular flexibility index (Phi) is 8.95. The fraction of sp³-hybridized carbons (Fsp3) is 0.591. The van der Waals surface area contributed by atoms with Gasteiger partial charge in [-0.1, -0.05) is 32.8 Å². The first-order chi connectivity index (χ1) is 14.3. The van der Waals surface area contributed by atoms with Gasteiger partial charge < -0.3 is 20.1 Å². The molecule has 0 unspecified atom stereocenters. The number of guanidine groups is 1. The average Bonchev–Trinajstić information content (AvgIpc) is 3.19. The Morgan fingerprint density at radius 2 is 1.80 bits per heavy atom. The Hall–Kier alpha value is -2.77. The number of hydrogen-bond donors (Lipinski definition) is 4. The second-order valence-electron chi connectivity index (χ2n) is 8.11. The Morgan fingerprint density at radius 1 is 1.13 bits per heavy atom. The predicted octanol–water partition coefficient (Wildman–Crippen LogP) is 2.36. The molecule has 1 aromatic carbocycles. The number of benzene rings is 1. The van der Waals surface area contributed by atoms with Crippen molar-refractivity contribution in [3.8, 4) is 11.5 Å². The molecule has 0 radical (unpaired) electrons. The van der Waals surface area contributed by atoms with Gasteiger partial charge in [0.05, 0.1) is 20.6 Å². The summed E-state index contributed by atoms with van der Waals surface area (Å²) in [5.41, 5.74) is 0.732. The van der Waals surface area contributed by atoms with Crippen LogP contribution in [-0.2, 0) is 16.0 Å². The summed E-state index contributed by atoms with van der Waals surface area (Å²) >= 11 is 0. The van der Waals surface area contributed by atoms with Crippen LogP contribution in [0, 0.1) is 11.3 Å². The van der Waals surface area contributed by atoms with Crippen molar-refractivity contribution < 1.29 is 19.1 Å². The van der Waals surface area contributed by atoms with Crippen molar-refractivity contribution in [3.05, 3.63) is 23.8 Å². The van der Waals surface area contributed by atoms with Crippen molar-refractivity contribution in [2.45, 2.75) is 64.5 Å². The first kappa shape index (κ1) is 23.5. The monoisotopic (exact) mass is 418 g/mol. The van der Waals surface area contributed by atoms with Gasteiger partial charge in [-0.2, -0.15) is 0 Å². The normalized spacial score (nSPS) is 14.8. The molecule has 8 heteroatoms. The van der Waals surface area contributed by atoms with E-state index in [1.54, 1.807) is 25.3 Å². The highest BCUT2D eigenvalue weighted by atomic mass is 16.5. The fourth-order valence-electron chi connectivity index (χ4n) is 3.64. The van der Waals surface area contributed by atoms with Crippen LogP contribution in [0.1, 0.15) is 51.5 Å². The molecular weight excluding hydrogens is 384 g/mol. The number of rotatable bonds is 9. The molecule has 2 amide bonds. The summed E-state index contributed by atoms with van der Waals surface area (Å²) < 4.78 is 10.5. The molecule has 0 aliphatic heterocycles. The lowest BCUT2D eigenvalue weighted by Gasteiger charge is -2.23. The van der Waals surface area contributed by atoms with E-state index in [2.05, 4.69) is 16.0 Å². The van der Waals surface area contributed by atoms with Gasteiger partial charge in [0.15, 0.2) is 17.5 Å². The van der Waals surface area contributed by atoms with E-state index in [9.17, 15) is 9.59 Å². The van der Waals surface area contributed by atoms with E-state index in [1.807, 2.05) is 13.8 Å². The maximum absolute atomic E-state index is 12.7. The largest absolute Gasteiger partial charge is 0.493 e. The van der Waals surface area contributed by atoms with Crippen molar-refractivity contribution in [3.63, 3.8) is 0 Å². The van der Waals surface area contributed by atoms with E-state index in [0.29, 0.717) is 17.9 Å². The molecule has 1 fully saturated rings. The minimum absolute atomic E-state index is 0.0769. The molecule has 166 valence electrons. The summed E-state index contributed by atoms with van der Waals surface area (Å²) in [4.78, 5) is 25.0. The zero-order valence-corrected chi connectivity index (χ0v) is 18.3. The van der Waals surface area contributed by atoms with Gasteiger partial charge in [-0.05, 0) is 42.9 Å². The first-order valence-electron chi connectivity index (χ1n) is 10.5. The average molecular weight is 419 g/mol. The third-order valence-corrected chi connectivity index (χ3v) is 5.12. The molecule has 4 N–H and O–H groups in total. The summed E-state index contributed by atoms with van der Waals surface area (Å²) in [6.45, 7) is 4.05. The molecule has 30 heavy (non-hydrogen) atoms. The Labute approximate surface area is 178 Å². The number of ether oxygens (including phenoxy) is 2. The van der Waals surface area contributed by atoms with Crippen LogP contribution in [0.25, 0.3) is 0 Å². The molecule has 0 spiro atoms. The molecule has 0 heterocycles. The number of nitrogens with one attached hydrogen (secondary N) is 4. The molecule has 1 atom stereocenters. The number of hydrogen-bond acceptors (Lipinski definition) is 5. The fourth-order valence-corrected chi connectivity index (χ4v) is 3.64. The van der Waals surface area contributed by atoms with Gasteiger partial charge in [-0.25, -0.2) is 0 Å². The van der Waals surface area contributed by atoms with Crippen LogP contribution >= 0.6 is 0 Å². The molecular formula is C22H34N4O4. The summed E-state index contributed by atoms with van der Waals surface area (Å²) in [6, 6.07) is 4.89. The molecule has 1 aliphatic rings. The van der Waals surface area contributed by atoms with Crippen molar-refractivity contribution in [2.75, 3.05) is 14.2 Å². The Balaban J connectivity index is 1.91. The molecule has 0 bridgehead atoms. The topological polar surface area (TPSA) is 113 Å². The molecule has 2 rings (SSSR count). The third kappa shape index (κ3) is 7.24. The second kappa shape index (κ2) is 11.4. The van der Waals surface area contributed by atoms with Crippen LogP contribution < -0.4 is 25.4 Å². The van der Waals surface area contributed by atoms with Crippen molar-refractivity contribution >= 4 is 17.8 Å². The summed E-state index contributed by atoms with van der Waals surface area (Å²) in [6.07, 6.45) is 4.92. The van der Waals surface area contributed by atoms with Gasteiger partial charge in [0, 0.05) is 6.04 Å².